The van der Waals surface area contributed by atoms with Crippen molar-refractivity contribution >= 4 is 10.2 Å². The van der Waals surface area contributed by atoms with Gasteiger partial charge < -0.3 is 4.90 Å². The van der Waals surface area contributed by atoms with Gasteiger partial charge in [0.2, 0.25) is 0 Å². The van der Waals surface area contributed by atoms with Crippen LogP contribution < -0.4 is 0 Å². The van der Waals surface area contributed by atoms with Gasteiger partial charge in [0.15, 0.2) is 0 Å². The van der Waals surface area contributed by atoms with Crippen LogP contribution in [-0.4, -0.2) is 34.8 Å². The van der Waals surface area contributed by atoms with E-state index in [1.54, 1.807) is 0 Å². The fourth-order valence-corrected chi connectivity index (χ4v) is 1.21. The quantitative estimate of drug-likeness (QED) is 0.342. The van der Waals surface area contributed by atoms with Crippen molar-refractivity contribution in [1.29, 1.82) is 0 Å². The van der Waals surface area contributed by atoms with E-state index in [-0.39, 0.29) is 0 Å². The largest absolute Gasteiger partial charge is 0.300 e. The van der Waals surface area contributed by atoms with Crippen LogP contribution in [0.2, 0.25) is 5.04 Å². The van der Waals surface area contributed by atoms with E-state index >= 15 is 0 Å². The van der Waals surface area contributed by atoms with E-state index in [4.69, 9.17) is 0 Å². The molecule has 0 unspecified atom stereocenters. The van der Waals surface area contributed by atoms with Crippen LogP contribution in [0.3, 0.4) is 0 Å². The van der Waals surface area contributed by atoms with Crippen LogP contribution >= 0.6 is 0 Å². The molecule has 1 nitrogen and oxygen atoms in total. The molecule has 0 aromatic carbocycles. The second-order valence-corrected chi connectivity index (χ2v) is 6.95. The molecule has 0 N–H and O–H groups in total. The Kier molecular flexibility index (Phi) is 2.55. The summed E-state index contributed by atoms with van der Waals surface area (Å²) in [5.41, 5.74) is 1.44. The first-order chi connectivity index (χ1) is 5.00. The van der Waals surface area contributed by atoms with Gasteiger partial charge in [-0.1, -0.05) is 26.0 Å². The first kappa shape index (κ1) is 9.01. The van der Waals surface area contributed by atoms with Crippen molar-refractivity contribution in [3.05, 3.63) is 12.2 Å². The Bertz CT molecular complexity index is 153. The Labute approximate surface area is 72.9 Å². The van der Waals surface area contributed by atoms with Gasteiger partial charge in [0, 0.05) is 29.9 Å². The third-order valence-electron chi connectivity index (χ3n) is 2.33. The molecule has 0 aliphatic carbocycles. The van der Waals surface area contributed by atoms with Gasteiger partial charge in [0.1, 0.15) is 0 Å². The van der Waals surface area contributed by atoms with Crippen LogP contribution in [0.15, 0.2) is 12.2 Å². The first-order valence-electron chi connectivity index (χ1n) is 4.41. The second-order valence-electron chi connectivity index (χ2n) is 4.45. The molecule has 0 saturated carbocycles. The Hall–Kier alpha value is -0.0831. The number of hydrogen-bond donors (Lipinski definition) is 0. The van der Waals surface area contributed by atoms with Gasteiger partial charge in [-0.15, -0.1) is 0 Å². The number of nitrogens with zero attached hydrogens (tertiary/aromatic N) is 1. The predicted octanol–water partition coefficient (Wildman–Crippen LogP) is 0.812. The Morgan fingerprint density at radius 2 is 2.09 bits per heavy atom. The van der Waals surface area contributed by atoms with Crippen LogP contribution in [0.4, 0.5) is 0 Å². The minimum atomic E-state index is 0.440. The highest BCUT2D eigenvalue weighted by molar-refractivity contribution is 6.16. The zero-order valence-electron chi connectivity index (χ0n) is 7.98. The summed E-state index contributed by atoms with van der Waals surface area (Å²) < 4.78 is 0. The monoisotopic (exact) mass is 169 g/mol. The van der Waals surface area contributed by atoms with E-state index in [1.165, 1.54) is 41.9 Å². The van der Waals surface area contributed by atoms with E-state index in [0.717, 1.165) is 0 Å². The topological polar surface area (TPSA) is 3.01 Å². The van der Waals surface area contributed by atoms with Crippen LogP contribution in [0, 0.1) is 0 Å². The lowest BCUT2D eigenvalue weighted by Crippen LogP contribution is -2.09. The van der Waals surface area contributed by atoms with Crippen LogP contribution in [0.25, 0.3) is 0 Å². The standard InChI is InChI=1S/C9H19NSi/c1-8(9(2,3)11)4-5-10-6-7-10/h1,4-7H2,2-3,11H3. The maximum absolute atomic E-state index is 4.13. The lowest BCUT2D eigenvalue weighted by Gasteiger charge is -2.21. The smallest absolute Gasteiger partial charge is 0.0150 e. The molecule has 1 fully saturated rings. The van der Waals surface area contributed by atoms with Crippen molar-refractivity contribution in [3.8, 4) is 0 Å². The molecule has 0 bridgehead atoms. The Morgan fingerprint density at radius 1 is 1.55 bits per heavy atom. The Morgan fingerprint density at radius 3 is 2.45 bits per heavy atom. The molecule has 1 saturated heterocycles. The highest BCUT2D eigenvalue weighted by atomic mass is 28.1. The van der Waals surface area contributed by atoms with E-state index in [0.29, 0.717) is 5.04 Å². The molecule has 0 aromatic heterocycles. The van der Waals surface area contributed by atoms with Crippen LogP contribution in [0.5, 0.6) is 0 Å². The fraction of sp³-hybridized carbons (Fsp3) is 0.778. The first-order valence-corrected chi connectivity index (χ1v) is 5.41. The van der Waals surface area contributed by atoms with Gasteiger partial charge >= 0.3 is 0 Å². The molecular formula is C9H19NSi. The van der Waals surface area contributed by atoms with E-state index in [9.17, 15) is 0 Å². The molecule has 0 atom stereocenters. The van der Waals surface area contributed by atoms with Crippen molar-refractivity contribution in [2.24, 2.45) is 0 Å². The Balaban J connectivity index is 2.19. The van der Waals surface area contributed by atoms with Gasteiger partial charge in [-0.3, -0.25) is 0 Å². The highest BCUT2D eigenvalue weighted by Gasteiger charge is 2.19. The number of rotatable bonds is 4. The number of hydrogen-bond acceptors (Lipinski definition) is 1. The van der Waals surface area contributed by atoms with Crippen molar-refractivity contribution in [2.45, 2.75) is 25.3 Å². The molecule has 0 amide bonds. The molecule has 0 radical (unpaired) electrons. The van der Waals surface area contributed by atoms with Gasteiger partial charge in [0.25, 0.3) is 0 Å². The lowest BCUT2D eigenvalue weighted by atomic mass is 10.0. The summed E-state index contributed by atoms with van der Waals surface area (Å²) in [6, 6.07) is 0. The highest BCUT2D eigenvalue weighted by Crippen LogP contribution is 2.30. The normalized spacial score (nSPS) is 18.7. The zero-order valence-corrected chi connectivity index (χ0v) is 9.98. The average Bonchev–Trinajstić information content (AvgIpc) is 2.62. The molecule has 2 heteroatoms. The van der Waals surface area contributed by atoms with Gasteiger partial charge in [-0.25, -0.2) is 0 Å². The summed E-state index contributed by atoms with van der Waals surface area (Å²) in [6.45, 7) is 12.6. The molecule has 0 spiro atoms. The summed E-state index contributed by atoms with van der Waals surface area (Å²) in [6.07, 6.45) is 1.20. The van der Waals surface area contributed by atoms with Crippen LogP contribution in [-0.2, 0) is 0 Å². The average molecular weight is 169 g/mol. The minimum absolute atomic E-state index is 0.440. The van der Waals surface area contributed by atoms with E-state index in [2.05, 4.69) is 25.3 Å². The minimum Gasteiger partial charge on any atom is -0.300 e. The third kappa shape index (κ3) is 3.21. The molecule has 1 aliphatic rings. The lowest BCUT2D eigenvalue weighted by molar-refractivity contribution is 0.544. The van der Waals surface area contributed by atoms with E-state index < -0.39 is 0 Å². The van der Waals surface area contributed by atoms with Gasteiger partial charge in [0.05, 0.1) is 0 Å². The molecule has 0 aromatic rings. The molecule has 1 rings (SSSR count). The van der Waals surface area contributed by atoms with Crippen molar-refractivity contribution in [1.82, 2.24) is 4.90 Å². The summed E-state index contributed by atoms with van der Waals surface area (Å²) in [4.78, 5) is 2.46. The van der Waals surface area contributed by atoms with Crippen molar-refractivity contribution in [3.63, 3.8) is 0 Å². The molecular weight excluding hydrogens is 150 g/mol. The maximum atomic E-state index is 4.13. The molecule has 64 valence electrons. The SMILES string of the molecule is C=C(CCN1CC1)C(C)(C)[SiH3]. The third-order valence-corrected chi connectivity index (χ3v) is 3.04. The fourth-order valence-electron chi connectivity index (χ4n) is 0.962. The van der Waals surface area contributed by atoms with Crippen molar-refractivity contribution < 1.29 is 0 Å². The second kappa shape index (κ2) is 3.11. The maximum Gasteiger partial charge on any atom is 0.0150 e. The molecule has 1 aliphatic heterocycles. The molecule has 1 heterocycles. The summed E-state index contributed by atoms with van der Waals surface area (Å²) in [5.74, 6) is 0. The summed E-state index contributed by atoms with van der Waals surface area (Å²) in [5, 5.41) is 0.440. The summed E-state index contributed by atoms with van der Waals surface area (Å²) >= 11 is 0. The molecule has 11 heavy (non-hydrogen) atoms. The summed E-state index contributed by atoms with van der Waals surface area (Å²) in [7, 11) is 1.22. The van der Waals surface area contributed by atoms with Crippen molar-refractivity contribution in [2.75, 3.05) is 19.6 Å². The van der Waals surface area contributed by atoms with Gasteiger partial charge in [-0.2, -0.15) is 0 Å². The predicted molar refractivity (Wildman–Crippen MR) is 54.2 cm³/mol. The van der Waals surface area contributed by atoms with Gasteiger partial charge in [-0.05, 0) is 11.5 Å². The van der Waals surface area contributed by atoms with Crippen LogP contribution in [0.1, 0.15) is 20.3 Å². The zero-order chi connectivity index (χ0) is 8.48. The van der Waals surface area contributed by atoms with E-state index in [1.807, 2.05) is 0 Å².